The van der Waals surface area contributed by atoms with Crippen LogP contribution in [0.4, 0.5) is 0 Å². The van der Waals surface area contributed by atoms with Crippen molar-refractivity contribution in [1.82, 2.24) is 25.4 Å². The summed E-state index contributed by atoms with van der Waals surface area (Å²) < 4.78 is 2.21. The lowest BCUT2D eigenvalue weighted by Gasteiger charge is -2.10. The van der Waals surface area contributed by atoms with Gasteiger partial charge in [-0.25, -0.2) is 0 Å². The van der Waals surface area contributed by atoms with Crippen molar-refractivity contribution in [3.05, 3.63) is 11.6 Å². The van der Waals surface area contributed by atoms with Crippen molar-refractivity contribution in [1.29, 1.82) is 0 Å². The van der Waals surface area contributed by atoms with Gasteiger partial charge in [0, 0.05) is 26.1 Å². The highest BCUT2D eigenvalue weighted by Crippen LogP contribution is 2.18. The molecule has 1 fully saturated rings. The van der Waals surface area contributed by atoms with Crippen LogP contribution in [0.15, 0.2) is 4.99 Å². The topological polar surface area (TPSA) is 67.1 Å². The lowest BCUT2D eigenvalue weighted by atomic mass is 10.4. The standard InChI is InChI=1S/C11H18N6/c1-12-11(14-8-4-5-8)13-7-10-16-15-9-3-2-6-17(9)10/h8H,2-7H2,1H3,(H2,12,13,14). The molecule has 17 heavy (non-hydrogen) atoms. The summed E-state index contributed by atoms with van der Waals surface area (Å²) >= 11 is 0. The van der Waals surface area contributed by atoms with Crippen molar-refractivity contribution in [2.45, 2.75) is 44.8 Å². The molecule has 1 saturated carbocycles. The highest BCUT2D eigenvalue weighted by Gasteiger charge is 2.22. The molecule has 0 radical (unpaired) electrons. The molecule has 0 atom stereocenters. The predicted molar refractivity (Wildman–Crippen MR) is 64.7 cm³/mol. The number of nitrogens with one attached hydrogen (secondary N) is 2. The van der Waals surface area contributed by atoms with Crippen molar-refractivity contribution in [3.8, 4) is 0 Å². The Bertz CT molecular complexity index is 431. The van der Waals surface area contributed by atoms with Gasteiger partial charge in [0.25, 0.3) is 0 Å². The second-order valence-corrected chi connectivity index (χ2v) is 4.63. The van der Waals surface area contributed by atoms with Crippen LogP contribution in [0.5, 0.6) is 0 Å². The minimum atomic E-state index is 0.616. The van der Waals surface area contributed by atoms with Crippen LogP contribution in [0.1, 0.15) is 30.9 Å². The van der Waals surface area contributed by atoms with Crippen LogP contribution in [0, 0.1) is 0 Å². The number of aryl methyl sites for hydroxylation is 1. The first-order valence-corrected chi connectivity index (χ1v) is 6.25. The van der Waals surface area contributed by atoms with Gasteiger partial charge in [0.2, 0.25) is 0 Å². The molecule has 0 bridgehead atoms. The molecule has 2 heterocycles. The maximum atomic E-state index is 4.21. The fraction of sp³-hybridized carbons (Fsp3) is 0.727. The maximum Gasteiger partial charge on any atom is 0.191 e. The van der Waals surface area contributed by atoms with Crippen LogP contribution in [0.25, 0.3) is 0 Å². The molecule has 1 aromatic heterocycles. The van der Waals surface area contributed by atoms with Gasteiger partial charge >= 0.3 is 0 Å². The first-order chi connectivity index (χ1) is 8.36. The Labute approximate surface area is 101 Å². The largest absolute Gasteiger partial charge is 0.354 e. The Kier molecular flexibility index (Phi) is 2.70. The summed E-state index contributed by atoms with van der Waals surface area (Å²) in [5.41, 5.74) is 0. The smallest absolute Gasteiger partial charge is 0.191 e. The Balaban J connectivity index is 1.58. The van der Waals surface area contributed by atoms with E-state index in [0.717, 1.165) is 30.6 Å². The second kappa shape index (κ2) is 4.35. The highest BCUT2D eigenvalue weighted by atomic mass is 15.3. The molecule has 0 aromatic carbocycles. The molecule has 1 aliphatic heterocycles. The van der Waals surface area contributed by atoms with Gasteiger partial charge in [-0.2, -0.15) is 0 Å². The molecule has 2 aliphatic rings. The molecule has 6 nitrogen and oxygen atoms in total. The number of aromatic nitrogens is 3. The van der Waals surface area contributed by atoms with Crippen LogP contribution in [0.3, 0.4) is 0 Å². The monoisotopic (exact) mass is 234 g/mol. The first kappa shape index (κ1) is 10.6. The van der Waals surface area contributed by atoms with Crippen LogP contribution in [-0.4, -0.2) is 33.8 Å². The molecule has 0 unspecified atom stereocenters. The summed E-state index contributed by atoms with van der Waals surface area (Å²) in [6, 6.07) is 0.616. The van der Waals surface area contributed by atoms with Crippen LogP contribution >= 0.6 is 0 Å². The van der Waals surface area contributed by atoms with E-state index in [2.05, 4.69) is 30.4 Å². The van der Waals surface area contributed by atoms with Gasteiger partial charge in [0.05, 0.1) is 6.54 Å². The number of hydrogen-bond acceptors (Lipinski definition) is 3. The van der Waals surface area contributed by atoms with E-state index in [4.69, 9.17) is 0 Å². The van der Waals surface area contributed by atoms with Gasteiger partial charge in [0.15, 0.2) is 11.8 Å². The van der Waals surface area contributed by atoms with Crippen molar-refractivity contribution < 1.29 is 0 Å². The second-order valence-electron chi connectivity index (χ2n) is 4.63. The van der Waals surface area contributed by atoms with Crippen molar-refractivity contribution in [3.63, 3.8) is 0 Å². The summed E-state index contributed by atoms with van der Waals surface area (Å²) in [6.45, 7) is 1.74. The zero-order valence-electron chi connectivity index (χ0n) is 10.1. The third kappa shape index (κ3) is 2.25. The van der Waals surface area contributed by atoms with E-state index in [1.165, 1.54) is 19.3 Å². The van der Waals surface area contributed by atoms with Crippen molar-refractivity contribution >= 4 is 5.96 Å². The summed E-state index contributed by atoms with van der Waals surface area (Å²) in [5.74, 6) is 2.99. The molecule has 3 rings (SSSR count). The van der Waals surface area contributed by atoms with Gasteiger partial charge in [-0.1, -0.05) is 0 Å². The Morgan fingerprint density at radius 2 is 2.35 bits per heavy atom. The third-order valence-corrected chi connectivity index (χ3v) is 3.24. The van der Waals surface area contributed by atoms with Gasteiger partial charge in [-0.05, 0) is 19.3 Å². The maximum absolute atomic E-state index is 4.21. The zero-order chi connectivity index (χ0) is 11.7. The average molecular weight is 234 g/mol. The van der Waals surface area contributed by atoms with E-state index in [1.54, 1.807) is 7.05 Å². The van der Waals surface area contributed by atoms with Gasteiger partial charge < -0.3 is 15.2 Å². The third-order valence-electron chi connectivity index (χ3n) is 3.24. The quantitative estimate of drug-likeness (QED) is 0.573. The summed E-state index contributed by atoms with van der Waals surface area (Å²) in [5, 5.41) is 15.0. The summed E-state index contributed by atoms with van der Waals surface area (Å²) in [6.07, 6.45) is 4.75. The molecule has 1 aliphatic carbocycles. The Morgan fingerprint density at radius 1 is 1.47 bits per heavy atom. The fourth-order valence-electron chi connectivity index (χ4n) is 2.12. The molecular formula is C11H18N6. The number of hydrogen-bond donors (Lipinski definition) is 2. The molecule has 92 valence electrons. The molecular weight excluding hydrogens is 216 g/mol. The number of rotatable bonds is 3. The van der Waals surface area contributed by atoms with E-state index in [0.29, 0.717) is 12.6 Å². The number of aliphatic imine (C=N–C) groups is 1. The van der Waals surface area contributed by atoms with Gasteiger partial charge in [0.1, 0.15) is 5.82 Å². The van der Waals surface area contributed by atoms with Gasteiger partial charge in [-0.15, -0.1) is 10.2 Å². The fourth-order valence-corrected chi connectivity index (χ4v) is 2.12. The molecule has 2 N–H and O–H groups in total. The van der Waals surface area contributed by atoms with Crippen LogP contribution < -0.4 is 10.6 Å². The Morgan fingerprint density at radius 3 is 3.12 bits per heavy atom. The molecule has 0 saturated heterocycles. The van der Waals surface area contributed by atoms with Gasteiger partial charge in [-0.3, -0.25) is 4.99 Å². The normalized spacial score (nSPS) is 19.2. The van der Waals surface area contributed by atoms with Crippen LogP contribution in [-0.2, 0) is 19.5 Å². The van der Waals surface area contributed by atoms with E-state index >= 15 is 0 Å². The predicted octanol–water partition coefficient (Wildman–Crippen LogP) is 0.0517. The minimum absolute atomic E-state index is 0.616. The van der Waals surface area contributed by atoms with E-state index in [9.17, 15) is 0 Å². The van der Waals surface area contributed by atoms with Crippen LogP contribution in [0.2, 0.25) is 0 Å². The highest BCUT2D eigenvalue weighted by molar-refractivity contribution is 5.80. The number of fused-ring (bicyclic) bond motifs is 1. The zero-order valence-corrected chi connectivity index (χ0v) is 10.1. The van der Waals surface area contributed by atoms with E-state index in [-0.39, 0.29) is 0 Å². The molecule has 0 amide bonds. The van der Waals surface area contributed by atoms with E-state index in [1.807, 2.05) is 0 Å². The lowest BCUT2D eigenvalue weighted by Crippen LogP contribution is -2.38. The minimum Gasteiger partial charge on any atom is -0.354 e. The Hall–Kier alpha value is -1.59. The van der Waals surface area contributed by atoms with Crippen molar-refractivity contribution in [2.75, 3.05) is 7.05 Å². The summed E-state index contributed by atoms with van der Waals surface area (Å²) in [7, 11) is 1.80. The van der Waals surface area contributed by atoms with E-state index < -0.39 is 0 Å². The number of guanidine groups is 1. The number of nitrogens with zero attached hydrogens (tertiary/aromatic N) is 4. The van der Waals surface area contributed by atoms with Crippen molar-refractivity contribution in [2.24, 2.45) is 4.99 Å². The summed E-state index contributed by atoms with van der Waals surface area (Å²) in [4.78, 5) is 4.20. The first-order valence-electron chi connectivity index (χ1n) is 6.25. The lowest BCUT2D eigenvalue weighted by molar-refractivity contribution is 0.662. The molecule has 1 aromatic rings. The average Bonchev–Trinajstić information content (AvgIpc) is 2.89. The molecule has 6 heteroatoms. The molecule has 0 spiro atoms. The SMILES string of the molecule is CN=C(NCc1nnc2n1CCC2)NC1CC1.